The van der Waals surface area contributed by atoms with E-state index in [1.54, 1.807) is 6.20 Å². The van der Waals surface area contributed by atoms with Gasteiger partial charge in [0.05, 0.1) is 37.5 Å². The first kappa shape index (κ1) is 18.6. The average Bonchev–Trinajstić information content (AvgIpc) is 2.74. The Morgan fingerprint density at radius 2 is 1.71 bits per heavy atom. The van der Waals surface area contributed by atoms with Gasteiger partial charge >= 0.3 is 0 Å². The lowest BCUT2D eigenvalue weighted by Crippen LogP contribution is -2.50. The molecule has 1 saturated carbocycles. The van der Waals surface area contributed by atoms with Crippen LogP contribution in [0.4, 0.5) is 11.4 Å². The van der Waals surface area contributed by atoms with Crippen LogP contribution in [0.2, 0.25) is 0 Å². The van der Waals surface area contributed by atoms with E-state index in [1.165, 1.54) is 37.8 Å². The normalized spacial score (nSPS) is 15.5. The van der Waals surface area contributed by atoms with Crippen LogP contribution in [0.3, 0.4) is 0 Å². The van der Waals surface area contributed by atoms with Crippen molar-refractivity contribution in [3.05, 3.63) is 66.4 Å². The van der Waals surface area contributed by atoms with Gasteiger partial charge in [-0.3, -0.25) is 14.3 Å². The van der Waals surface area contributed by atoms with Gasteiger partial charge in [-0.2, -0.15) is 0 Å². The third-order valence-electron chi connectivity index (χ3n) is 6.13. The van der Waals surface area contributed by atoms with Crippen molar-refractivity contribution >= 4 is 28.2 Å². The summed E-state index contributed by atoms with van der Waals surface area (Å²) in [7, 11) is 4.57. The molecule has 0 atom stereocenters. The Morgan fingerprint density at radius 3 is 2.46 bits per heavy atom. The van der Waals surface area contributed by atoms with Crippen molar-refractivity contribution in [1.29, 1.82) is 0 Å². The molecule has 3 aromatic rings. The van der Waals surface area contributed by atoms with Crippen molar-refractivity contribution in [2.75, 3.05) is 19.4 Å². The van der Waals surface area contributed by atoms with Crippen LogP contribution in [0, 0.1) is 0 Å². The monoisotopic (exact) mass is 374 g/mol. The Bertz CT molecular complexity index is 973. The zero-order valence-electron chi connectivity index (χ0n) is 16.7. The van der Waals surface area contributed by atoms with E-state index in [9.17, 15) is 4.79 Å². The number of quaternary nitrogens is 1. The van der Waals surface area contributed by atoms with Gasteiger partial charge < -0.3 is 5.32 Å². The highest BCUT2D eigenvalue weighted by Crippen LogP contribution is 2.31. The zero-order valence-corrected chi connectivity index (χ0v) is 16.7. The third-order valence-corrected chi connectivity index (χ3v) is 6.13. The van der Waals surface area contributed by atoms with Crippen molar-refractivity contribution in [3.63, 3.8) is 0 Å². The number of anilines is 1. The van der Waals surface area contributed by atoms with E-state index in [0.717, 1.165) is 15.4 Å². The lowest BCUT2D eigenvalue weighted by Gasteiger charge is -2.39. The second-order valence-electron chi connectivity index (χ2n) is 8.25. The van der Waals surface area contributed by atoms with Crippen LogP contribution in [-0.2, 0) is 0 Å². The minimum atomic E-state index is -0.105. The number of hydrogen-bond acceptors (Lipinski definition) is 2. The predicted molar refractivity (Wildman–Crippen MR) is 117 cm³/mol. The van der Waals surface area contributed by atoms with Crippen molar-refractivity contribution < 1.29 is 4.79 Å². The van der Waals surface area contributed by atoms with E-state index < -0.39 is 0 Å². The van der Waals surface area contributed by atoms with Crippen molar-refractivity contribution in [1.82, 2.24) is 9.47 Å². The molecule has 0 saturated heterocycles. The first-order valence-electron chi connectivity index (χ1n) is 10.1. The molecule has 2 aromatic carbocycles. The topological polar surface area (TPSA) is 42.0 Å². The molecule has 0 radical (unpaired) electrons. The van der Waals surface area contributed by atoms with Gasteiger partial charge in [0, 0.05) is 10.9 Å². The van der Waals surface area contributed by atoms with Crippen LogP contribution in [0.25, 0.3) is 10.9 Å². The summed E-state index contributed by atoms with van der Waals surface area (Å²) in [5.41, 5.74) is 3.56. The summed E-state index contributed by atoms with van der Waals surface area (Å²) >= 11 is 0. The van der Waals surface area contributed by atoms with E-state index >= 15 is 0 Å². The van der Waals surface area contributed by atoms with Gasteiger partial charge in [0.25, 0.3) is 5.91 Å². The lowest BCUT2D eigenvalue weighted by molar-refractivity contribution is 0.102. The highest BCUT2D eigenvalue weighted by molar-refractivity contribution is 6.05. The number of benzene rings is 2. The Labute approximate surface area is 166 Å². The van der Waals surface area contributed by atoms with Crippen molar-refractivity contribution in [3.8, 4) is 0 Å². The maximum Gasteiger partial charge on any atom is 0.255 e. The Morgan fingerprint density at radius 1 is 1.00 bits per heavy atom. The number of carbonyl (C=O) groups excluding carboxylic acids is 1. The first-order valence-corrected chi connectivity index (χ1v) is 10.1. The summed E-state index contributed by atoms with van der Waals surface area (Å²) in [4.78, 5) is 17.1. The standard InChI is InChI=1S/C24H27N3O/c1-27(2,21-9-4-3-5-10-21)22-14-12-18(13-15-22)24(28)26-20-16-19-8-6-7-11-23(19)25-17-20/h6-8,11-17,21H,3-5,9-10H2,1-2H3/p+1. The third kappa shape index (κ3) is 3.78. The quantitative estimate of drug-likeness (QED) is 0.622. The lowest BCUT2D eigenvalue weighted by atomic mass is 9.92. The van der Waals surface area contributed by atoms with E-state index in [-0.39, 0.29) is 5.91 Å². The largest absolute Gasteiger partial charge is 0.321 e. The van der Waals surface area contributed by atoms with Crippen molar-refractivity contribution in [2.45, 2.75) is 38.1 Å². The van der Waals surface area contributed by atoms with Gasteiger partial charge in [0.2, 0.25) is 0 Å². The molecule has 1 aliphatic carbocycles. The van der Waals surface area contributed by atoms with Crippen LogP contribution in [0.1, 0.15) is 42.5 Å². The number of fused-ring (bicyclic) bond motifs is 1. The van der Waals surface area contributed by atoms with Gasteiger partial charge in [0.15, 0.2) is 0 Å². The SMILES string of the molecule is C[N+](C)(c1ccc(C(=O)Nc2cnc3ccccc3c2)cc1)C1CCCCC1. The van der Waals surface area contributed by atoms with Gasteiger partial charge in [-0.15, -0.1) is 0 Å². The predicted octanol–water partition coefficient (Wildman–Crippen LogP) is 5.39. The highest BCUT2D eigenvalue weighted by atomic mass is 16.1. The second-order valence-corrected chi connectivity index (χ2v) is 8.25. The smallest absolute Gasteiger partial charge is 0.255 e. The number of amides is 1. The Hall–Kier alpha value is -2.72. The first-order chi connectivity index (χ1) is 13.5. The van der Waals surface area contributed by atoms with Crippen LogP contribution in [0.5, 0.6) is 0 Å². The molecule has 0 aliphatic heterocycles. The number of pyridine rings is 1. The minimum Gasteiger partial charge on any atom is -0.321 e. The Kier molecular flexibility index (Phi) is 5.14. The summed E-state index contributed by atoms with van der Waals surface area (Å²) in [6.45, 7) is 0. The van der Waals surface area contributed by atoms with Gasteiger partial charge in [-0.1, -0.05) is 24.6 Å². The number of carbonyl (C=O) groups is 1. The van der Waals surface area contributed by atoms with E-state index in [0.29, 0.717) is 17.3 Å². The maximum absolute atomic E-state index is 12.7. The molecular formula is C24H28N3O+. The second kappa shape index (κ2) is 7.72. The number of rotatable bonds is 4. The molecule has 1 N–H and O–H groups in total. The zero-order chi connectivity index (χ0) is 19.6. The summed E-state index contributed by atoms with van der Waals surface area (Å²) < 4.78 is 0.885. The molecule has 0 unspecified atom stereocenters. The molecule has 4 nitrogen and oxygen atoms in total. The van der Waals surface area contributed by atoms with E-state index in [4.69, 9.17) is 0 Å². The summed E-state index contributed by atoms with van der Waals surface area (Å²) in [6, 6.07) is 18.6. The molecule has 1 aliphatic rings. The summed E-state index contributed by atoms with van der Waals surface area (Å²) in [5, 5.41) is 3.98. The van der Waals surface area contributed by atoms with Gasteiger partial charge in [-0.25, -0.2) is 0 Å². The molecule has 0 bridgehead atoms. The van der Waals surface area contributed by atoms with E-state index in [2.05, 4.69) is 36.5 Å². The molecule has 1 heterocycles. The number of nitrogens with one attached hydrogen (secondary N) is 1. The molecule has 4 heteroatoms. The minimum absolute atomic E-state index is 0.105. The van der Waals surface area contributed by atoms with Crippen LogP contribution in [0.15, 0.2) is 60.8 Å². The molecular weight excluding hydrogens is 346 g/mol. The molecule has 0 spiro atoms. The fraction of sp³-hybridized carbons (Fsp3) is 0.333. The molecule has 144 valence electrons. The van der Waals surface area contributed by atoms with Gasteiger partial charge in [0.1, 0.15) is 5.69 Å². The van der Waals surface area contributed by atoms with Gasteiger partial charge in [-0.05, 0) is 62.1 Å². The average molecular weight is 375 g/mol. The molecule has 28 heavy (non-hydrogen) atoms. The van der Waals surface area contributed by atoms with Crippen LogP contribution >= 0.6 is 0 Å². The maximum atomic E-state index is 12.7. The fourth-order valence-corrected chi connectivity index (χ4v) is 4.28. The number of nitrogens with zero attached hydrogens (tertiary/aromatic N) is 2. The van der Waals surface area contributed by atoms with Crippen LogP contribution < -0.4 is 9.80 Å². The number of aromatic nitrogens is 1. The molecule has 1 amide bonds. The summed E-state index contributed by atoms with van der Waals surface area (Å²) in [5.74, 6) is -0.105. The highest BCUT2D eigenvalue weighted by Gasteiger charge is 2.31. The van der Waals surface area contributed by atoms with E-state index in [1.807, 2.05) is 42.5 Å². The fourth-order valence-electron chi connectivity index (χ4n) is 4.28. The summed E-state index contributed by atoms with van der Waals surface area (Å²) in [6.07, 6.45) is 8.28. The molecule has 1 fully saturated rings. The number of para-hydroxylation sites is 1. The Balaban J connectivity index is 1.48. The van der Waals surface area contributed by atoms with Crippen molar-refractivity contribution in [2.24, 2.45) is 0 Å². The van der Waals surface area contributed by atoms with Crippen LogP contribution in [-0.4, -0.2) is 31.0 Å². The molecule has 1 aromatic heterocycles. The number of hydrogen-bond donors (Lipinski definition) is 1. The molecule has 4 rings (SSSR count).